The van der Waals surface area contributed by atoms with Crippen LogP contribution >= 0.6 is 0 Å². The topological polar surface area (TPSA) is 1040 Å². The van der Waals surface area contributed by atoms with Crippen LogP contribution in [0, 0.1) is 0 Å². The van der Waals surface area contributed by atoms with Gasteiger partial charge in [-0.05, 0) is 6.92 Å². The van der Waals surface area contributed by atoms with Gasteiger partial charge in [-0.1, -0.05) is 0 Å². The number of rotatable bonds is 41. The molecule has 11 rings (SSSR count). The first-order valence-corrected chi connectivity index (χ1v) is 48.1. The van der Waals surface area contributed by atoms with Crippen LogP contribution in [0.5, 0.6) is 0 Å². The number of ether oxygens (including phenoxy) is 21. The van der Waals surface area contributed by atoms with Crippen molar-refractivity contribution in [2.24, 2.45) is 0 Å². The van der Waals surface area contributed by atoms with E-state index >= 15 is 0 Å². The Bertz CT molecular complexity index is 4440. The predicted octanol–water partition coefficient (Wildman–Crippen LogP) is -24.1. The second-order valence-electron chi connectivity index (χ2n) is 37.2. The van der Waals surface area contributed by atoms with Crippen LogP contribution in [0.3, 0.4) is 0 Å². The Morgan fingerprint density at radius 3 is 1.10 bits per heavy atom. The van der Waals surface area contributed by atoms with Crippen molar-refractivity contribution in [1.29, 1.82) is 0 Å². The zero-order valence-electron chi connectivity index (χ0n) is 80.0. The highest BCUT2D eigenvalue weighted by Gasteiger charge is 2.64. The lowest BCUT2D eigenvalue weighted by molar-refractivity contribution is -0.398. The van der Waals surface area contributed by atoms with E-state index in [9.17, 15) is 195 Å². The lowest BCUT2D eigenvalue weighted by Crippen LogP contribution is -2.71. The van der Waals surface area contributed by atoms with Crippen molar-refractivity contribution < 1.29 is 298 Å². The first-order chi connectivity index (χ1) is 70.0. The zero-order chi connectivity index (χ0) is 110. The number of carbonyl (C=O) groups is 7. The molecule has 11 saturated heterocycles. The van der Waals surface area contributed by atoms with E-state index in [1.807, 2.05) is 0 Å². The van der Waals surface area contributed by atoms with Crippen molar-refractivity contribution in [3.05, 3.63) is 0 Å². The van der Waals surface area contributed by atoms with Crippen LogP contribution in [0.15, 0.2) is 0 Å². The number of nitrogens with one attached hydrogen (secondary N) is 6. The third kappa shape index (κ3) is 28.5. The number of amides is 6. The smallest absolute Gasteiger partial charge is 0.397 e. The van der Waals surface area contributed by atoms with E-state index in [0.29, 0.717) is 0 Å². The number of hydrogen-bond donors (Lipinski definition) is 36. The molecule has 6 amide bonds. The van der Waals surface area contributed by atoms with E-state index in [1.54, 1.807) is 0 Å². The lowest BCUT2D eigenvalue weighted by atomic mass is 9.88. The molecule has 56 atom stereocenters. The SMILES string of the molecule is CC(=O)N[C@@H]1[C@@H](O)[C@H](O[C@@H]2O[C@H](CO)[C@@H](O[C@@H]3O[C@H](CO[C@H]4O[C@H](CO)[C@@H](O)[C@H](O)[C@@H]4O[C@@H]4O[C@H](CO)[C@@H](O[C@@H]5O[C@H](CO[C@]6(C(=O)O)C[C@H](O)[C@@H](NC(C)=O)[C@H]([C@H](O)[C@H](O)CO)O6)[C@H](O)[C@H](O)[C@H]5O)[C@H](O)[C@H]4NC(C)=O)[C@@H](O)[C@H](O[C@H]4O[C@H](CO)[C@@H](O)[C@H](O)[C@@H]4O[C@@H]4O[C@H](CO)[C@@H](O[C@@H]5O[C@H](CO)[C@H](O)[C@H](OS(=O)(=O)O)[C@H]5NC(C)=O)[C@H](O)[C@H]4NC(C)=O)[C@@H]3O)[C@H](O)[C@H]2NC(C)=O)[C@@H](CO[C@@H]2O[C@@H](C)[C@@H](O)[C@@H](O)[C@@H]2O)O[C@H]1O. The van der Waals surface area contributed by atoms with E-state index in [2.05, 4.69) is 36.1 Å². The summed E-state index contributed by atoms with van der Waals surface area (Å²) >= 11 is 0. The summed E-state index contributed by atoms with van der Waals surface area (Å²) in [6, 6.07) is -12.0. The minimum Gasteiger partial charge on any atom is -0.477 e. The maximum Gasteiger partial charge on any atom is 0.397 e. The molecule has 11 heterocycles. The first kappa shape index (κ1) is 123. The van der Waals surface area contributed by atoms with Crippen LogP contribution < -0.4 is 31.9 Å². The summed E-state index contributed by atoms with van der Waals surface area (Å²) in [5.41, 5.74) is 0. The third-order valence-corrected chi connectivity index (χ3v) is 27.0. The molecule has 0 spiro atoms. The van der Waals surface area contributed by atoms with Gasteiger partial charge in [0.05, 0.1) is 84.3 Å². The molecule has 0 aromatic heterocycles. The van der Waals surface area contributed by atoms with Crippen LogP contribution in [-0.2, 0) is 148 Å². The van der Waals surface area contributed by atoms with Crippen molar-refractivity contribution in [2.75, 3.05) is 66.1 Å². The van der Waals surface area contributed by atoms with E-state index in [0.717, 1.165) is 41.5 Å². The van der Waals surface area contributed by atoms with Gasteiger partial charge in [-0.3, -0.25) is 33.3 Å². The molecule has 0 radical (unpaired) electrons. The molecule has 36 N–H and O–H groups in total. The van der Waals surface area contributed by atoms with Gasteiger partial charge in [0.2, 0.25) is 35.4 Å². The molecular weight excluding hydrogens is 2060 g/mol. The van der Waals surface area contributed by atoms with Crippen LogP contribution in [0.1, 0.15) is 54.9 Å². The quantitative estimate of drug-likeness (QED) is 0.0253. The zero-order valence-corrected chi connectivity index (χ0v) is 80.8. The van der Waals surface area contributed by atoms with Gasteiger partial charge in [-0.25, -0.2) is 8.98 Å². The van der Waals surface area contributed by atoms with Gasteiger partial charge in [-0.2, -0.15) is 8.42 Å². The average molecular weight is 2200 g/mol. The summed E-state index contributed by atoms with van der Waals surface area (Å²) in [6.07, 6.45) is -110. The largest absolute Gasteiger partial charge is 0.477 e. The van der Waals surface area contributed by atoms with Crippen molar-refractivity contribution in [1.82, 2.24) is 31.9 Å². The van der Waals surface area contributed by atoms with Gasteiger partial charge < -0.3 is 279 Å². The molecule has 68 heteroatoms. The standard InChI is InChI=1S/C81H134N6O61S/c1-19-43(103)54(114)58(118)75(130-19)127-17-36-64(50(110)38(70(121)131-36)83-21(3)96)141-71-39(84-22(4)97)52(112)63(33(15-94)135-71)143-77-60(120)67(144-79-69(57(117)46(106)29(11-90)134-79)146-73-40(85-23(5)98)51(111)61(31(13-92)136-73)140-74-42(87-25(7)100)66(148-149(124,125)126)48(108)30(12-91)132-74)49(109)34(138-77)16-128-78-68(56(116)45(105)28(10-89)133-78)145-72-41(86-24(6)99)53(113)62(32(14-93)137-72)142-76-59(119)55(115)47(107)35(139-76)18-129-81(80(122)123)8-26(101)37(82-20(2)95)65(147-81)44(104)27(102)9-88/h19,26-79,88-94,101-121H,8-18H2,1-7H3,(H,82,95)(H,83,96)(H,84,97)(H,85,98)(H,86,99)(H,87,100)(H,122,123)(H,124,125,126)/t19-,26-,27+,28+,29+,30+,31+,32+,33+,34+,35+,36+,37+,38+,39+,40+,41+,42+,43+,44+,45+,46+,47-,48-,49+,50+,51+,52+,53+,54+,55-,56-,57-,58-,59+,60-,61+,62+,63+,64+,65+,66+,67-,68-,69-,70+,71-,72-,73-,74-,75+,76-,77-,78-,79+,81+/m0/s1. The second kappa shape index (κ2) is 53.0. The summed E-state index contributed by atoms with van der Waals surface area (Å²) in [7, 11) is -5.58. The number of hydrogen-bond acceptors (Lipinski definition) is 59. The molecule has 11 aliphatic heterocycles. The number of aliphatic carboxylic acids is 1. The van der Waals surface area contributed by atoms with E-state index in [1.165, 1.54) is 6.92 Å². The van der Waals surface area contributed by atoms with E-state index in [-0.39, 0.29) is 0 Å². The summed E-state index contributed by atoms with van der Waals surface area (Å²) in [5.74, 6) is -11.2. The summed E-state index contributed by atoms with van der Waals surface area (Å²) in [6.45, 7) is -5.76. The van der Waals surface area contributed by atoms with E-state index < -0.39 is 467 Å². The van der Waals surface area contributed by atoms with Crippen LogP contribution in [0.25, 0.3) is 0 Å². The molecule has 0 aliphatic carbocycles. The van der Waals surface area contributed by atoms with Crippen molar-refractivity contribution in [3.8, 4) is 0 Å². The molecule has 0 saturated carbocycles. The Kier molecular flexibility index (Phi) is 43.9. The Hall–Kier alpha value is -5.80. The van der Waals surface area contributed by atoms with Gasteiger partial charge >= 0.3 is 16.4 Å². The Labute approximate surface area is 843 Å². The van der Waals surface area contributed by atoms with Crippen LogP contribution in [0.2, 0.25) is 0 Å². The molecule has 0 unspecified atom stereocenters. The maximum absolute atomic E-state index is 13.4. The highest BCUT2D eigenvalue weighted by atomic mass is 32.3. The summed E-state index contributed by atoms with van der Waals surface area (Å²) < 4.78 is 164. The van der Waals surface area contributed by atoms with Gasteiger partial charge in [0.1, 0.15) is 256 Å². The highest BCUT2D eigenvalue weighted by molar-refractivity contribution is 7.80. The highest BCUT2D eigenvalue weighted by Crippen LogP contribution is 2.43. The second-order valence-corrected chi connectivity index (χ2v) is 38.3. The fourth-order valence-electron chi connectivity index (χ4n) is 18.9. The molecule has 0 bridgehead atoms. The Balaban J connectivity index is 0.915. The first-order valence-electron chi connectivity index (χ1n) is 46.8. The predicted molar refractivity (Wildman–Crippen MR) is 458 cm³/mol. The van der Waals surface area contributed by atoms with Gasteiger partial charge in [-0.15, -0.1) is 0 Å². The van der Waals surface area contributed by atoms with Gasteiger partial charge in [0, 0.05) is 48.0 Å². The van der Waals surface area contributed by atoms with Crippen LogP contribution in [0.4, 0.5) is 0 Å². The minimum absolute atomic E-state index is 0.849. The average Bonchev–Trinajstić information content (AvgIpc) is 0.757. The molecule has 0 aromatic rings. The molecular formula is C81H134N6O61S. The number of aliphatic hydroxyl groups is 28. The van der Waals surface area contributed by atoms with Crippen molar-refractivity contribution in [2.45, 2.75) is 398 Å². The normalized spacial score (nSPS) is 46.4. The molecule has 11 fully saturated rings. The number of carboxylic acids is 1. The molecule has 0 aromatic carbocycles. The Morgan fingerprint density at radius 2 is 0.651 bits per heavy atom. The molecule has 860 valence electrons. The fraction of sp³-hybridized carbons (Fsp3) is 0.914. The van der Waals surface area contributed by atoms with Crippen molar-refractivity contribution >= 4 is 51.8 Å². The fourth-order valence-corrected chi connectivity index (χ4v) is 19.4. The molecule has 11 aliphatic rings. The summed E-state index contributed by atoms with van der Waals surface area (Å²) in [4.78, 5) is 90.5. The maximum atomic E-state index is 13.4. The summed E-state index contributed by atoms with van der Waals surface area (Å²) in [5, 5.41) is 343. The number of aliphatic hydroxyl groups excluding tert-OH is 28. The molecule has 149 heavy (non-hydrogen) atoms. The Morgan fingerprint density at radius 1 is 0.322 bits per heavy atom. The number of carboxylic acid groups (broad SMARTS) is 1. The van der Waals surface area contributed by atoms with Crippen LogP contribution in [-0.4, -0.2) is 612 Å². The lowest BCUT2D eigenvalue weighted by Gasteiger charge is -2.51. The van der Waals surface area contributed by atoms with Gasteiger partial charge in [0.25, 0.3) is 5.79 Å². The molecule has 67 nitrogen and oxygen atoms in total. The van der Waals surface area contributed by atoms with Gasteiger partial charge in [0.15, 0.2) is 62.9 Å². The third-order valence-electron chi connectivity index (χ3n) is 26.5. The minimum atomic E-state index is -5.58. The monoisotopic (exact) mass is 2200 g/mol. The number of carbonyl (C=O) groups excluding carboxylic acids is 6. The van der Waals surface area contributed by atoms with E-state index in [4.69, 9.17) is 99.5 Å². The van der Waals surface area contributed by atoms with Crippen molar-refractivity contribution in [3.63, 3.8) is 0 Å².